The van der Waals surface area contributed by atoms with Crippen LogP contribution < -0.4 is 5.32 Å². The average Bonchev–Trinajstić information content (AvgIpc) is 3.36. The van der Waals surface area contributed by atoms with Crippen LogP contribution in [-0.4, -0.2) is 35.4 Å². The molecule has 4 aromatic rings. The molecule has 8 nitrogen and oxygen atoms in total. The summed E-state index contributed by atoms with van der Waals surface area (Å²) in [5.41, 5.74) is 1.48. The van der Waals surface area contributed by atoms with Gasteiger partial charge in [-0.25, -0.2) is 19.3 Å². The summed E-state index contributed by atoms with van der Waals surface area (Å²) in [5.74, 6) is 0.834. The smallest absolute Gasteiger partial charge is 0.256 e. The Balaban J connectivity index is 1.51. The first-order chi connectivity index (χ1) is 13.2. The maximum absolute atomic E-state index is 12.6. The van der Waals surface area contributed by atoms with Crippen LogP contribution in [-0.2, 0) is 6.54 Å². The number of hydrogen-bond donors (Lipinski definition) is 1. The zero-order chi connectivity index (χ0) is 18.6. The molecule has 0 bridgehead atoms. The van der Waals surface area contributed by atoms with E-state index in [1.807, 2.05) is 24.3 Å². The topological polar surface area (TPSA) is 90.5 Å². The zero-order valence-corrected chi connectivity index (χ0v) is 14.8. The third kappa shape index (κ3) is 3.85. The molecular weight excluding hydrogens is 366 g/mol. The van der Waals surface area contributed by atoms with Crippen molar-refractivity contribution in [2.75, 3.05) is 5.32 Å². The largest absolute Gasteiger partial charge is 0.307 e. The standard InChI is InChI=1S/C18H14ClN7O/c19-15-3-1-13(2-4-15)10-25-16(6-8-22-25)24-18(27)14-5-7-21-17(9-14)26-12-20-11-23-26/h1-9,11-12H,10H2,(H,24,27). The second-order valence-electron chi connectivity index (χ2n) is 5.70. The summed E-state index contributed by atoms with van der Waals surface area (Å²) in [5, 5.41) is 11.8. The first-order valence-electron chi connectivity index (χ1n) is 8.08. The van der Waals surface area contributed by atoms with Crippen LogP contribution in [0.15, 0.2) is 67.5 Å². The third-order valence-electron chi connectivity index (χ3n) is 3.86. The van der Waals surface area contributed by atoms with E-state index in [-0.39, 0.29) is 5.91 Å². The van der Waals surface area contributed by atoms with E-state index in [0.29, 0.717) is 28.8 Å². The van der Waals surface area contributed by atoms with Gasteiger partial charge in [-0.15, -0.1) is 0 Å². The minimum Gasteiger partial charge on any atom is -0.307 e. The molecule has 0 fully saturated rings. The van der Waals surface area contributed by atoms with Crippen LogP contribution >= 0.6 is 11.6 Å². The number of pyridine rings is 1. The van der Waals surface area contributed by atoms with Gasteiger partial charge in [0.1, 0.15) is 18.5 Å². The first-order valence-corrected chi connectivity index (χ1v) is 8.45. The number of benzene rings is 1. The number of rotatable bonds is 5. The summed E-state index contributed by atoms with van der Waals surface area (Å²) in [4.78, 5) is 20.7. The molecule has 0 spiro atoms. The summed E-state index contributed by atoms with van der Waals surface area (Å²) in [6.45, 7) is 0.514. The molecule has 9 heteroatoms. The fourth-order valence-corrected chi connectivity index (χ4v) is 2.65. The predicted octanol–water partition coefficient (Wildman–Crippen LogP) is 2.81. The van der Waals surface area contributed by atoms with Crippen LogP contribution in [0, 0.1) is 0 Å². The van der Waals surface area contributed by atoms with Gasteiger partial charge >= 0.3 is 0 Å². The monoisotopic (exact) mass is 379 g/mol. The predicted molar refractivity (Wildman–Crippen MR) is 99.9 cm³/mol. The Bertz CT molecular complexity index is 1060. The second-order valence-corrected chi connectivity index (χ2v) is 6.13. The summed E-state index contributed by atoms with van der Waals surface area (Å²) in [7, 11) is 0. The molecule has 0 saturated heterocycles. The molecule has 1 amide bonds. The number of anilines is 1. The van der Waals surface area contributed by atoms with E-state index in [9.17, 15) is 4.79 Å². The Morgan fingerprint density at radius 1 is 1.07 bits per heavy atom. The number of amides is 1. The van der Waals surface area contributed by atoms with Crippen molar-refractivity contribution in [2.45, 2.75) is 6.54 Å². The maximum Gasteiger partial charge on any atom is 0.256 e. The summed E-state index contributed by atoms with van der Waals surface area (Å²) in [6.07, 6.45) is 6.12. The molecule has 0 aliphatic heterocycles. The molecule has 134 valence electrons. The quantitative estimate of drug-likeness (QED) is 0.575. The fraction of sp³-hybridized carbons (Fsp3) is 0.0556. The lowest BCUT2D eigenvalue weighted by Crippen LogP contribution is -2.16. The van der Waals surface area contributed by atoms with Gasteiger partial charge in [0.25, 0.3) is 5.91 Å². The van der Waals surface area contributed by atoms with Crippen LogP contribution in [0.25, 0.3) is 5.82 Å². The van der Waals surface area contributed by atoms with E-state index in [4.69, 9.17) is 11.6 Å². The number of nitrogens with zero attached hydrogens (tertiary/aromatic N) is 6. The van der Waals surface area contributed by atoms with Gasteiger partial charge in [0.15, 0.2) is 5.82 Å². The van der Waals surface area contributed by atoms with Crippen molar-refractivity contribution >= 4 is 23.3 Å². The first kappa shape index (κ1) is 16.9. The Morgan fingerprint density at radius 2 is 1.93 bits per heavy atom. The van der Waals surface area contributed by atoms with Crippen molar-refractivity contribution in [3.05, 3.63) is 83.7 Å². The summed E-state index contributed by atoms with van der Waals surface area (Å²) >= 11 is 5.92. The van der Waals surface area contributed by atoms with Gasteiger partial charge in [0.2, 0.25) is 0 Å². The zero-order valence-electron chi connectivity index (χ0n) is 14.0. The minimum absolute atomic E-state index is 0.267. The Morgan fingerprint density at radius 3 is 2.70 bits per heavy atom. The maximum atomic E-state index is 12.6. The Hall–Kier alpha value is -3.52. The number of nitrogens with one attached hydrogen (secondary N) is 1. The van der Waals surface area contributed by atoms with Crippen LogP contribution in [0.1, 0.15) is 15.9 Å². The molecule has 0 aliphatic carbocycles. The molecule has 4 rings (SSSR count). The highest BCUT2D eigenvalue weighted by Gasteiger charge is 2.12. The molecule has 0 saturated carbocycles. The lowest BCUT2D eigenvalue weighted by atomic mass is 10.2. The molecule has 3 heterocycles. The highest BCUT2D eigenvalue weighted by Crippen LogP contribution is 2.15. The Kier molecular flexibility index (Phi) is 4.63. The fourth-order valence-electron chi connectivity index (χ4n) is 2.53. The lowest BCUT2D eigenvalue weighted by Gasteiger charge is -2.10. The summed E-state index contributed by atoms with van der Waals surface area (Å²) < 4.78 is 3.20. The van der Waals surface area contributed by atoms with E-state index >= 15 is 0 Å². The average molecular weight is 380 g/mol. The third-order valence-corrected chi connectivity index (χ3v) is 4.12. The minimum atomic E-state index is -0.267. The van der Waals surface area contributed by atoms with E-state index in [0.717, 1.165) is 5.56 Å². The molecule has 1 N–H and O–H groups in total. The van der Waals surface area contributed by atoms with Gasteiger partial charge in [-0.05, 0) is 29.8 Å². The van der Waals surface area contributed by atoms with E-state index in [1.165, 1.54) is 17.3 Å². The number of carbonyl (C=O) groups excluding carboxylic acids is 1. The molecule has 0 radical (unpaired) electrons. The van der Waals surface area contributed by atoms with Crippen LogP contribution in [0.2, 0.25) is 5.02 Å². The number of carbonyl (C=O) groups is 1. The highest BCUT2D eigenvalue weighted by molar-refractivity contribution is 6.30. The van der Waals surface area contributed by atoms with Crippen molar-refractivity contribution in [1.29, 1.82) is 0 Å². The normalized spacial score (nSPS) is 10.7. The molecule has 0 unspecified atom stereocenters. The molecular formula is C18H14ClN7O. The number of aromatic nitrogens is 6. The molecule has 3 aromatic heterocycles. The van der Waals surface area contributed by atoms with Gasteiger partial charge in [-0.1, -0.05) is 23.7 Å². The van der Waals surface area contributed by atoms with Crippen LogP contribution in [0.4, 0.5) is 5.82 Å². The van der Waals surface area contributed by atoms with E-state index in [2.05, 4.69) is 25.5 Å². The SMILES string of the molecule is O=C(Nc1ccnn1Cc1ccc(Cl)cc1)c1ccnc(-n2cncn2)c1. The number of halogens is 1. The van der Waals surface area contributed by atoms with Gasteiger partial charge in [-0.3, -0.25) is 4.79 Å². The van der Waals surface area contributed by atoms with E-state index < -0.39 is 0 Å². The second kappa shape index (κ2) is 7.38. The van der Waals surface area contributed by atoms with Gasteiger partial charge in [0, 0.05) is 22.8 Å². The molecule has 0 aliphatic rings. The van der Waals surface area contributed by atoms with Crippen molar-refractivity contribution in [1.82, 2.24) is 29.5 Å². The van der Waals surface area contributed by atoms with Crippen molar-refractivity contribution in [3.8, 4) is 5.82 Å². The van der Waals surface area contributed by atoms with Gasteiger partial charge in [-0.2, -0.15) is 10.2 Å². The summed E-state index contributed by atoms with van der Waals surface area (Å²) in [6, 6.07) is 12.5. The Labute approximate surface area is 159 Å². The van der Waals surface area contributed by atoms with Gasteiger partial charge in [0.05, 0.1) is 12.7 Å². The van der Waals surface area contributed by atoms with E-state index in [1.54, 1.807) is 35.3 Å². The van der Waals surface area contributed by atoms with Crippen molar-refractivity contribution in [3.63, 3.8) is 0 Å². The lowest BCUT2D eigenvalue weighted by molar-refractivity contribution is 0.102. The van der Waals surface area contributed by atoms with Gasteiger partial charge < -0.3 is 5.32 Å². The van der Waals surface area contributed by atoms with Crippen LogP contribution in [0.3, 0.4) is 0 Å². The molecule has 0 atom stereocenters. The number of hydrogen-bond acceptors (Lipinski definition) is 5. The highest BCUT2D eigenvalue weighted by atomic mass is 35.5. The van der Waals surface area contributed by atoms with Crippen molar-refractivity contribution in [2.24, 2.45) is 0 Å². The molecule has 1 aromatic carbocycles. The van der Waals surface area contributed by atoms with Crippen molar-refractivity contribution < 1.29 is 4.79 Å². The molecule has 27 heavy (non-hydrogen) atoms. The van der Waals surface area contributed by atoms with Crippen LogP contribution in [0.5, 0.6) is 0 Å².